The predicted molar refractivity (Wildman–Crippen MR) is 101 cm³/mol. The van der Waals surface area contributed by atoms with Gasteiger partial charge in [0.25, 0.3) is 0 Å². The number of benzene rings is 1. The Kier molecular flexibility index (Phi) is 7.22. The lowest BCUT2D eigenvalue weighted by molar-refractivity contribution is 0.104. The van der Waals surface area contributed by atoms with Gasteiger partial charge in [0.1, 0.15) is 18.5 Å². The fourth-order valence-corrected chi connectivity index (χ4v) is 2.19. The normalized spacial score (nSPS) is 13.1. The van der Waals surface area contributed by atoms with E-state index in [1.807, 2.05) is 56.3 Å². The van der Waals surface area contributed by atoms with E-state index in [9.17, 15) is 5.11 Å². The van der Waals surface area contributed by atoms with Gasteiger partial charge in [0, 0.05) is 24.2 Å². The summed E-state index contributed by atoms with van der Waals surface area (Å²) in [4.78, 5) is 0. The van der Waals surface area contributed by atoms with E-state index in [1.165, 1.54) is 0 Å². The Labute approximate surface area is 149 Å². The summed E-state index contributed by atoms with van der Waals surface area (Å²) in [6.45, 7) is 8.99. The first kappa shape index (κ1) is 19.2. The molecule has 136 valence electrons. The number of aromatic nitrogens is 1. The standard InChI is InChI=1S/C20H28N2O3/c1-14(2)19-11-18(25-22-19)10-9-16-7-5-6-8-20(16)24-13-17(23)12-21-15(3)4/h5-11,14-15,17,21,23H,12-13H2,1-4H3/b10-9-. The van der Waals surface area contributed by atoms with Gasteiger partial charge in [0.2, 0.25) is 0 Å². The molecule has 0 bridgehead atoms. The smallest absolute Gasteiger partial charge is 0.159 e. The first-order valence-corrected chi connectivity index (χ1v) is 8.73. The molecule has 2 aromatic rings. The van der Waals surface area contributed by atoms with E-state index < -0.39 is 6.10 Å². The summed E-state index contributed by atoms with van der Waals surface area (Å²) in [5.74, 6) is 1.77. The zero-order chi connectivity index (χ0) is 18.2. The van der Waals surface area contributed by atoms with Crippen molar-refractivity contribution in [3.63, 3.8) is 0 Å². The van der Waals surface area contributed by atoms with E-state index in [1.54, 1.807) is 0 Å². The first-order chi connectivity index (χ1) is 12.0. The molecule has 25 heavy (non-hydrogen) atoms. The van der Waals surface area contributed by atoms with Gasteiger partial charge in [0.05, 0.1) is 5.69 Å². The highest BCUT2D eigenvalue weighted by molar-refractivity contribution is 5.70. The van der Waals surface area contributed by atoms with Crippen LogP contribution < -0.4 is 10.1 Å². The van der Waals surface area contributed by atoms with Gasteiger partial charge in [-0.15, -0.1) is 0 Å². The molecule has 1 unspecified atom stereocenters. The van der Waals surface area contributed by atoms with Crippen molar-refractivity contribution in [2.45, 2.75) is 45.8 Å². The molecule has 0 fully saturated rings. The van der Waals surface area contributed by atoms with Gasteiger partial charge in [-0.2, -0.15) is 0 Å². The molecule has 2 rings (SSSR count). The highest BCUT2D eigenvalue weighted by Crippen LogP contribution is 2.22. The van der Waals surface area contributed by atoms with E-state index in [-0.39, 0.29) is 6.61 Å². The van der Waals surface area contributed by atoms with Crippen molar-refractivity contribution in [1.29, 1.82) is 0 Å². The largest absolute Gasteiger partial charge is 0.490 e. The van der Waals surface area contributed by atoms with Crippen LogP contribution in [0.2, 0.25) is 0 Å². The number of hydrogen-bond donors (Lipinski definition) is 2. The molecular formula is C20H28N2O3. The lowest BCUT2D eigenvalue weighted by Gasteiger charge is -2.16. The van der Waals surface area contributed by atoms with Crippen LogP contribution in [0.5, 0.6) is 5.75 Å². The molecule has 0 saturated carbocycles. The second kappa shape index (κ2) is 9.39. The van der Waals surface area contributed by atoms with Crippen molar-refractivity contribution in [2.75, 3.05) is 13.2 Å². The fraction of sp³-hybridized carbons (Fsp3) is 0.450. The van der Waals surface area contributed by atoms with Gasteiger partial charge in [-0.3, -0.25) is 0 Å². The monoisotopic (exact) mass is 344 g/mol. The molecule has 0 aliphatic carbocycles. The third-order valence-corrected chi connectivity index (χ3v) is 3.68. The summed E-state index contributed by atoms with van der Waals surface area (Å²) in [5.41, 5.74) is 1.86. The molecule has 0 radical (unpaired) electrons. The molecule has 1 atom stereocenters. The van der Waals surface area contributed by atoms with Crippen LogP contribution in [-0.4, -0.2) is 35.6 Å². The minimum Gasteiger partial charge on any atom is -0.490 e. The Morgan fingerprint density at radius 2 is 1.96 bits per heavy atom. The number of rotatable bonds is 9. The number of aliphatic hydroxyl groups is 1. The van der Waals surface area contributed by atoms with Gasteiger partial charge in [0.15, 0.2) is 5.76 Å². The summed E-state index contributed by atoms with van der Waals surface area (Å²) in [6.07, 6.45) is 3.25. The molecule has 0 aliphatic rings. The Bertz CT molecular complexity index is 677. The van der Waals surface area contributed by atoms with Crippen LogP contribution in [0.1, 0.15) is 50.6 Å². The maximum Gasteiger partial charge on any atom is 0.159 e. The number of aliphatic hydroxyl groups excluding tert-OH is 1. The van der Waals surface area contributed by atoms with E-state index in [4.69, 9.17) is 9.26 Å². The van der Waals surface area contributed by atoms with Crippen LogP contribution in [-0.2, 0) is 0 Å². The molecule has 1 heterocycles. The number of nitrogens with one attached hydrogen (secondary N) is 1. The maximum atomic E-state index is 9.98. The Balaban J connectivity index is 1.98. The number of hydrogen-bond acceptors (Lipinski definition) is 5. The summed E-state index contributed by atoms with van der Waals surface area (Å²) < 4.78 is 11.1. The fourth-order valence-electron chi connectivity index (χ4n) is 2.19. The Morgan fingerprint density at radius 3 is 2.64 bits per heavy atom. The third-order valence-electron chi connectivity index (χ3n) is 3.68. The highest BCUT2D eigenvalue weighted by atomic mass is 16.5. The van der Waals surface area contributed by atoms with Crippen LogP contribution in [0.3, 0.4) is 0 Å². The molecule has 1 aromatic carbocycles. The maximum absolute atomic E-state index is 9.98. The number of para-hydroxylation sites is 1. The molecule has 0 amide bonds. The lowest BCUT2D eigenvalue weighted by Crippen LogP contribution is -2.35. The minimum absolute atomic E-state index is 0.240. The highest BCUT2D eigenvalue weighted by Gasteiger charge is 2.08. The van der Waals surface area contributed by atoms with E-state index in [0.717, 1.165) is 17.0 Å². The molecule has 1 aromatic heterocycles. The van der Waals surface area contributed by atoms with Crippen molar-refractivity contribution in [3.05, 3.63) is 47.3 Å². The van der Waals surface area contributed by atoms with Gasteiger partial charge < -0.3 is 19.7 Å². The van der Waals surface area contributed by atoms with Gasteiger partial charge in [-0.25, -0.2) is 0 Å². The van der Waals surface area contributed by atoms with Gasteiger partial charge in [-0.1, -0.05) is 51.1 Å². The molecule has 5 heteroatoms. The zero-order valence-corrected chi connectivity index (χ0v) is 15.4. The zero-order valence-electron chi connectivity index (χ0n) is 15.4. The Morgan fingerprint density at radius 1 is 1.20 bits per heavy atom. The van der Waals surface area contributed by atoms with E-state index in [0.29, 0.717) is 24.3 Å². The van der Waals surface area contributed by atoms with Crippen LogP contribution in [0.4, 0.5) is 0 Å². The summed E-state index contributed by atoms with van der Waals surface area (Å²) in [7, 11) is 0. The average molecular weight is 344 g/mol. The average Bonchev–Trinajstić information content (AvgIpc) is 3.06. The van der Waals surface area contributed by atoms with Gasteiger partial charge in [-0.05, 0) is 24.1 Å². The van der Waals surface area contributed by atoms with E-state index in [2.05, 4.69) is 24.3 Å². The Hall–Kier alpha value is -2.11. The lowest BCUT2D eigenvalue weighted by atomic mass is 10.1. The van der Waals surface area contributed by atoms with Crippen LogP contribution in [0, 0.1) is 0 Å². The van der Waals surface area contributed by atoms with Crippen molar-refractivity contribution < 1.29 is 14.4 Å². The summed E-state index contributed by atoms with van der Waals surface area (Å²) in [5, 5.41) is 17.2. The van der Waals surface area contributed by atoms with Crippen LogP contribution in [0.15, 0.2) is 34.9 Å². The topological polar surface area (TPSA) is 67.5 Å². The van der Waals surface area contributed by atoms with Gasteiger partial charge >= 0.3 is 0 Å². The third kappa shape index (κ3) is 6.36. The van der Waals surface area contributed by atoms with Crippen molar-refractivity contribution >= 4 is 12.2 Å². The molecule has 0 spiro atoms. The summed E-state index contributed by atoms with van der Waals surface area (Å²) >= 11 is 0. The van der Waals surface area contributed by atoms with Crippen molar-refractivity contribution in [3.8, 4) is 5.75 Å². The SMILES string of the molecule is CC(C)NCC(O)COc1ccccc1/C=C\c1cc(C(C)C)no1. The summed E-state index contributed by atoms with van der Waals surface area (Å²) in [6, 6.07) is 9.99. The van der Waals surface area contributed by atoms with E-state index >= 15 is 0 Å². The van der Waals surface area contributed by atoms with Crippen LogP contribution >= 0.6 is 0 Å². The molecule has 2 N–H and O–H groups in total. The molecular weight excluding hydrogens is 316 g/mol. The quantitative estimate of drug-likeness (QED) is 0.726. The predicted octanol–water partition coefficient (Wildman–Crippen LogP) is 3.71. The second-order valence-corrected chi connectivity index (χ2v) is 6.71. The number of ether oxygens (including phenoxy) is 1. The van der Waals surface area contributed by atoms with Crippen molar-refractivity contribution in [1.82, 2.24) is 10.5 Å². The molecule has 0 aliphatic heterocycles. The van der Waals surface area contributed by atoms with Crippen molar-refractivity contribution in [2.24, 2.45) is 0 Å². The minimum atomic E-state index is -0.553. The first-order valence-electron chi connectivity index (χ1n) is 8.73. The van der Waals surface area contributed by atoms with Crippen LogP contribution in [0.25, 0.3) is 12.2 Å². The molecule has 0 saturated heterocycles. The second-order valence-electron chi connectivity index (χ2n) is 6.71. The number of nitrogens with zero attached hydrogens (tertiary/aromatic N) is 1. The molecule has 5 nitrogen and oxygen atoms in total.